The Bertz CT molecular complexity index is 438. The maximum Gasteiger partial charge on any atom is 0.328 e. The molecule has 3 nitrogen and oxygen atoms in total. The van der Waals surface area contributed by atoms with Crippen LogP contribution in [0, 0.1) is 6.92 Å². The van der Waals surface area contributed by atoms with E-state index in [-0.39, 0.29) is 5.97 Å². The lowest BCUT2D eigenvalue weighted by Gasteiger charge is -2.23. The number of esters is 1. The molecule has 0 fully saturated rings. The number of hydrogen-bond acceptors (Lipinski definition) is 3. The molecule has 0 bridgehead atoms. The molecule has 0 saturated carbocycles. The Kier molecular flexibility index (Phi) is 4.63. The third-order valence-corrected chi connectivity index (χ3v) is 2.57. The lowest BCUT2D eigenvalue weighted by atomic mass is 10.1. The summed E-state index contributed by atoms with van der Waals surface area (Å²) in [5.74, 6) is -0.276. The van der Waals surface area contributed by atoms with Crippen molar-refractivity contribution in [2.24, 2.45) is 0 Å². The minimum absolute atomic E-state index is 0.276. The van der Waals surface area contributed by atoms with Crippen LogP contribution in [-0.4, -0.2) is 17.6 Å². The Morgan fingerprint density at radius 1 is 1.39 bits per heavy atom. The van der Waals surface area contributed by atoms with Gasteiger partial charge in [-0.3, -0.25) is 0 Å². The van der Waals surface area contributed by atoms with E-state index in [4.69, 9.17) is 16.3 Å². The molecule has 4 heteroatoms. The SMILES string of the molecule is Cc1ccc(Cl)cc1NC(C)C(=O)OC(C)(C)C. The van der Waals surface area contributed by atoms with Gasteiger partial charge in [-0.25, -0.2) is 4.79 Å². The van der Waals surface area contributed by atoms with Crippen LogP contribution in [0.2, 0.25) is 5.02 Å². The Labute approximate surface area is 113 Å². The zero-order chi connectivity index (χ0) is 13.9. The molecule has 100 valence electrons. The van der Waals surface area contributed by atoms with Gasteiger partial charge in [0.25, 0.3) is 0 Å². The van der Waals surface area contributed by atoms with Gasteiger partial charge in [-0.05, 0) is 52.3 Å². The average molecular weight is 270 g/mol. The number of hydrogen-bond donors (Lipinski definition) is 1. The molecule has 1 rings (SSSR count). The molecule has 0 aliphatic carbocycles. The molecule has 1 aromatic rings. The first-order chi connectivity index (χ1) is 8.19. The molecule has 0 heterocycles. The Morgan fingerprint density at radius 3 is 2.56 bits per heavy atom. The summed E-state index contributed by atoms with van der Waals surface area (Å²) in [7, 11) is 0. The number of carbonyl (C=O) groups excluding carboxylic acids is 1. The third-order valence-electron chi connectivity index (χ3n) is 2.33. The monoisotopic (exact) mass is 269 g/mol. The van der Waals surface area contributed by atoms with Crippen LogP contribution in [-0.2, 0) is 9.53 Å². The lowest BCUT2D eigenvalue weighted by Crippen LogP contribution is -2.34. The van der Waals surface area contributed by atoms with Gasteiger partial charge in [0.15, 0.2) is 0 Å². The van der Waals surface area contributed by atoms with E-state index in [1.807, 2.05) is 39.8 Å². The van der Waals surface area contributed by atoms with Crippen LogP contribution >= 0.6 is 11.6 Å². The molecule has 0 spiro atoms. The molecule has 1 aromatic carbocycles. The van der Waals surface area contributed by atoms with E-state index >= 15 is 0 Å². The van der Waals surface area contributed by atoms with Crippen molar-refractivity contribution in [2.45, 2.75) is 46.3 Å². The van der Waals surface area contributed by atoms with E-state index in [2.05, 4.69) is 5.32 Å². The van der Waals surface area contributed by atoms with E-state index in [0.717, 1.165) is 11.3 Å². The van der Waals surface area contributed by atoms with Crippen LogP contribution < -0.4 is 5.32 Å². The molecular formula is C14H20ClNO2. The van der Waals surface area contributed by atoms with Crippen molar-refractivity contribution >= 4 is 23.3 Å². The summed E-state index contributed by atoms with van der Waals surface area (Å²) >= 11 is 5.93. The summed E-state index contributed by atoms with van der Waals surface area (Å²) in [5, 5.41) is 3.75. The van der Waals surface area contributed by atoms with Gasteiger partial charge < -0.3 is 10.1 Å². The van der Waals surface area contributed by atoms with E-state index in [0.29, 0.717) is 5.02 Å². The van der Waals surface area contributed by atoms with Gasteiger partial charge in [0.05, 0.1) is 0 Å². The topological polar surface area (TPSA) is 38.3 Å². The van der Waals surface area contributed by atoms with Gasteiger partial charge in [-0.2, -0.15) is 0 Å². The normalized spacial score (nSPS) is 13.0. The van der Waals surface area contributed by atoms with Crippen LogP contribution in [0.1, 0.15) is 33.3 Å². The molecule has 0 saturated heterocycles. The highest BCUT2D eigenvalue weighted by Gasteiger charge is 2.21. The van der Waals surface area contributed by atoms with Crippen molar-refractivity contribution in [2.75, 3.05) is 5.32 Å². The maximum absolute atomic E-state index is 11.8. The van der Waals surface area contributed by atoms with Gasteiger partial charge in [-0.1, -0.05) is 17.7 Å². The predicted molar refractivity (Wildman–Crippen MR) is 75.1 cm³/mol. The number of carbonyl (C=O) groups is 1. The van der Waals surface area contributed by atoms with Gasteiger partial charge in [0.1, 0.15) is 11.6 Å². The molecular weight excluding hydrogens is 250 g/mol. The van der Waals surface area contributed by atoms with Crippen molar-refractivity contribution in [3.05, 3.63) is 28.8 Å². The zero-order valence-corrected chi connectivity index (χ0v) is 12.3. The van der Waals surface area contributed by atoms with Gasteiger partial charge in [0.2, 0.25) is 0 Å². The number of nitrogens with one attached hydrogen (secondary N) is 1. The van der Waals surface area contributed by atoms with Gasteiger partial charge in [-0.15, -0.1) is 0 Å². The van der Waals surface area contributed by atoms with Crippen LogP contribution in [0.15, 0.2) is 18.2 Å². The van der Waals surface area contributed by atoms with E-state index in [1.54, 1.807) is 13.0 Å². The zero-order valence-electron chi connectivity index (χ0n) is 11.5. The number of anilines is 1. The van der Waals surface area contributed by atoms with Crippen molar-refractivity contribution in [3.63, 3.8) is 0 Å². The van der Waals surface area contributed by atoms with Crippen LogP contribution in [0.25, 0.3) is 0 Å². The second kappa shape index (κ2) is 5.61. The maximum atomic E-state index is 11.8. The third kappa shape index (κ3) is 4.57. The minimum Gasteiger partial charge on any atom is -0.458 e. The largest absolute Gasteiger partial charge is 0.458 e. The molecule has 1 atom stereocenters. The molecule has 0 aromatic heterocycles. The van der Waals surface area contributed by atoms with E-state index in [9.17, 15) is 4.79 Å². The van der Waals surface area contributed by atoms with Crippen LogP contribution in [0.3, 0.4) is 0 Å². The fourth-order valence-electron chi connectivity index (χ4n) is 1.43. The lowest BCUT2D eigenvalue weighted by molar-refractivity contribution is -0.155. The molecule has 1 unspecified atom stereocenters. The highest BCUT2D eigenvalue weighted by molar-refractivity contribution is 6.30. The Hall–Kier alpha value is -1.22. The second-order valence-corrected chi connectivity index (χ2v) is 5.80. The van der Waals surface area contributed by atoms with Crippen molar-refractivity contribution in [3.8, 4) is 0 Å². The fourth-order valence-corrected chi connectivity index (χ4v) is 1.60. The number of rotatable bonds is 3. The first-order valence-corrected chi connectivity index (χ1v) is 6.32. The smallest absolute Gasteiger partial charge is 0.328 e. The summed E-state index contributed by atoms with van der Waals surface area (Å²) in [6.45, 7) is 9.28. The number of aryl methyl sites for hydroxylation is 1. The van der Waals surface area contributed by atoms with Crippen molar-refractivity contribution in [1.29, 1.82) is 0 Å². The Balaban J connectivity index is 2.72. The number of halogens is 1. The number of ether oxygens (including phenoxy) is 1. The summed E-state index contributed by atoms with van der Waals surface area (Å²) in [5.41, 5.74) is 1.41. The summed E-state index contributed by atoms with van der Waals surface area (Å²) in [6.07, 6.45) is 0. The molecule has 0 amide bonds. The van der Waals surface area contributed by atoms with Gasteiger partial charge in [0, 0.05) is 10.7 Å². The Morgan fingerprint density at radius 2 is 2.00 bits per heavy atom. The second-order valence-electron chi connectivity index (χ2n) is 5.36. The molecule has 0 aliphatic rings. The quantitative estimate of drug-likeness (QED) is 0.849. The summed E-state index contributed by atoms with van der Waals surface area (Å²) in [6, 6.07) is 5.12. The van der Waals surface area contributed by atoms with Crippen LogP contribution in [0.5, 0.6) is 0 Å². The van der Waals surface area contributed by atoms with E-state index in [1.165, 1.54) is 0 Å². The standard InChI is InChI=1S/C14H20ClNO2/c1-9-6-7-11(15)8-12(9)16-10(2)13(17)18-14(3,4)5/h6-8,10,16H,1-5H3. The first kappa shape index (κ1) is 14.8. The highest BCUT2D eigenvalue weighted by atomic mass is 35.5. The minimum atomic E-state index is -0.476. The summed E-state index contributed by atoms with van der Waals surface area (Å²) < 4.78 is 5.31. The molecule has 1 N–H and O–H groups in total. The average Bonchev–Trinajstić information content (AvgIpc) is 2.21. The summed E-state index contributed by atoms with van der Waals surface area (Å²) in [4.78, 5) is 11.8. The van der Waals surface area contributed by atoms with E-state index < -0.39 is 11.6 Å². The van der Waals surface area contributed by atoms with Crippen LogP contribution in [0.4, 0.5) is 5.69 Å². The molecule has 18 heavy (non-hydrogen) atoms. The van der Waals surface area contributed by atoms with Crippen molar-refractivity contribution < 1.29 is 9.53 Å². The first-order valence-electron chi connectivity index (χ1n) is 5.94. The highest BCUT2D eigenvalue weighted by Crippen LogP contribution is 2.21. The molecule has 0 aliphatic heterocycles. The van der Waals surface area contributed by atoms with Crippen molar-refractivity contribution in [1.82, 2.24) is 0 Å². The molecule has 0 radical (unpaired) electrons. The fraction of sp³-hybridized carbons (Fsp3) is 0.500. The van der Waals surface area contributed by atoms with Gasteiger partial charge >= 0.3 is 5.97 Å². The predicted octanol–water partition coefficient (Wildman–Crippen LogP) is 3.79. The number of benzene rings is 1.